The summed E-state index contributed by atoms with van der Waals surface area (Å²) in [7, 11) is 0. The average molecular weight is 494 g/mol. The predicted molar refractivity (Wildman–Crippen MR) is 154 cm³/mol. The highest BCUT2D eigenvalue weighted by Gasteiger charge is 2.52. The van der Waals surface area contributed by atoms with Crippen LogP contribution in [0.3, 0.4) is 0 Å². The van der Waals surface area contributed by atoms with E-state index >= 15 is 0 Å². The molecule has 9 unspecified atom stereocenters. The Kier molecular flexibility index (Phi) is 11.1. The van der Waals surface area contributed by atoms with Gasteiger partial charge < -0.3 is 0 Å². The molecule has 3 aliphatic carbocycles. The molecule has 0 aromatic heterocycles. The molecule has 34 heavy (non-hydrogen) atoms. The summed E-state index contributed by atoms with van der Waals surface area (Å²) >= 11 is 0. The summed E-state index contributed by atoms with van der Waals surface area (Å²) < 4.78 is 0. The van der Waals surface area contributed by atoms with E-state index in [-0.39, 0.29) is 17.8 Å². The van der Waals surface area contributed by atoms with Crippen LogP contribution >= 0.6 is 12.4 Å². The van der Waals surface area contributed by atoms with Crippen LogP contribution in [-0.4, -0.2) is 23.0 Å². The van der Waals surface area contributed by atoms with Gasteiger partial charge in [0.25, 0.3) is 0 Å². The van der Waals surface area contributed by atoms with Crippen molar-refractivity contribution in [3.63, 3.8) is 0 Å². The minimum atomic E-state index is 0. The topological polar surface area (TPSA) is 3.24 Å². The number of hydrogen-bond acceptors (Lipinski definition) is 1. The Labute approximate surface area is 220 Å². The second kappa shape index (κ2) is 12.5. The molecule has 3 fully saturated rings. The molecule has 200 valence electrons. The van der Waals surface area contributed by atoms with Crippen molar-refractivity contribution in [1.29, 1.82) is 0 Å². The molecule has 3 rings (SSSR count). The first-order chi connectivity index (χ1) is 15.5. The first-order valence-corrected chi connectivity index (χ1v) is 14.9. The Hall–Kier alpha value is -0.0100. The summed E-state index contributed by atoms with van der Waals surface area (Å²) in [5.74, 6) is 6.47. The van der Waals surface area contributed by atoms with Gasteiger partial charge in [0.05, 0.1) is 0 Å². The molecule has 0 aromatic rings. The lowest BCUT2D eigenvalue weighted by atomic mass is 9.59. The molecule has 0 bridgehead atoms. The first kappa shape index (κ1) is 30.2. The van der Waals surface area contributed by atoms with Gasteiger partial charge in [-0.3, -0.25) is 4.90 Å². The number of halogens is 1. The molecular formula is C32H60ClN. The van der Waals surface area contributed by atoms with Gasteiger partial charge in [-0.25, -0.2) is 0 Å². The van der Waals surface area contributed by atoms with Crippen LogP contribution in [0.15, 0.2) is 12.7 Å². The maximum absolute atomic E-state index is 4.54. The van der Waals surface area contributed by atoms with E-state index in [0.717, 1.165) is 53.5 Å². The average Bonchev–Trinajstić information content (AvgIpc) is 2.74. The predicted octanol–water partition coefficient (Wildman–Crippen LogP) is 9.65. The van der Waals surface area contributed by atoms with Crippen LogP contribution in [-0.2, 0) is 0 Å². The summed E-state index contributed by atoms with van der Waals surface area (Å²) in [4.78, 5) is 3.26. The quantitative estimate of drug-likeness (QED) is 0.319. The largest absolute Gasteiger partial charge is 0.293 e. The summed E-state index contributed by atoms with van der Waals surface area (Å²) in [5, 5.41) is 0. The standard InChI is InChI=1S/C32H59N.ClH/c1-11-32(23(6)7)17-16-26(10)20-31(32)33(29-18-24(8)12-14-27(29)21(2)3)30-19-25(9)13-15-28(30)22(4)5;/h11,21-31H,1,12-20H2,2-10H3;1H. The molecule has 0 heterocycles. The Bertz CT molecular complexity index is 595. The molecule has 0 aromatic carbocycles. The smallest absolute Gasteiger partial charge is 0.0197 e. The summed E-state index contributed by atoms with van der Waals surface area (Å²) in [6, 6.07) is 2.16. The van der Waals surface area contributed by atoms with Gasteiger partial charge >= 0.3 is 0 Å². The highest BCUT2D eigenvalue weighted by Crippen LogP contribution is 2.53. The zero-order valence-corrected chi connectivity index (χ0v) is 25.2. The van der Waals surface area contributed by atoms with Crippen LogP contribution in [0.1, 0.15) is 120 Å². The SMILES string of the molecule is C=CC1(C(C)C)CCC(C)CC1N(C1CC(C)CCC1C(C)C)C1CC(C)CCC1C(C)C.Cl. The Morgan fingerprint density at radius 3 is 1.53 bits per heavy atom. The van der Waals surface area contributed by atoms with Crippen molar-refractivity contribution < 1.29 is 0 Å². The van der Waals surface area contributed by atoms with Gasteiger partial charge in [0, 0.05) is 23.5 Å². The molecule has 9 atom stereocenters. The van der Waals surface area contributed by atoms with Crippen molar-refractivity contribution in [2.24, 2.45) is 52.8 Å². The van der Waals surface area contributed by atoms with Gasteiger partial charge in [-0.2, -0.15) is 0 Å². The second-order valence-electron chi connectivity index (χ2n) is 14.1. The lowest BCUT2D eigenvalue weighted by molar-refractivity contribution is -0.103. The van der Waals surface area contributed by atoms with E-state index in [1.54, 1.807) is 0 Å². The van der Waals surface area contributed by atoms with Gasteiger partial charge in [-0.1, -0.05) is 81.2 Å². The fourth-order valence-corrected chi connectivity index (χ4v) is 8.63. The molecule has 3 saturated carbocycles. The van der Waals surface area contributed by atoms with Crippen molar-refractivity contribution in [1.82, 2.24) is 4.90 Å². The third-order valence-electron chi connectivity index (χ3n) is 10.9. The third kappa shape index (κ3) is 6.10. The summed E-state index contributed by atoms with van der Waals surface area (Å²) in [6.07, 6.45) is 15.1. The number of rotatable bonds is 7. The zero-order chi connectivity index (χ0) is 24.5. The first-order valence-electron chi connectivity index (χ1n) is 14.9. The molecule has 0 amide bonds. The van der Waals surface area contributed by atoms with Crippen LogP contribution in [0.5, 0.6) is 0 Å². The molecule has 0 radical (unpaired) electrons. The normalized spacial score (nSPS) is 41.7. The van der Waals surface area contributed by atoms with Gasteiger partial charge in [0.15, 0.2) is 0 Å². The second-order valence-corrected chi connectivity index (χ2v) is 14.1. The van der Waals surface area contributed by atoms with Crippen LogP contribution in [0.2, 0.25) is 0 Å². The van der Waals surface area contributed by atoms with Gasteiger partial charge in [-0.05, 0) is 92.3 Å². The monoisotopic (exact) mass is 493 g/mol. The van der Waals surface area contributed by atoms with E-state index in [1.807, 2.05) is 0 Å². The van der Waals surface area contributed by atoms with Crippen molar-refractivity contribution >= 4 is 12.4 Å². The van der Waals surface area contributed by atoms with Gasteiger partial charge in [0.2, 0.25) is 0 Å². The molecule has 2 heteroatoms. The molecule has 3 aliphatic rings. The lowest BCUT2D eigenvalue weighted by Gasteiger charge is -2.60. The van der Waals surface area contributed by atoms with Crippen molar-refractivity contribution in [3.8, 4) is 0 Å². The molecule has 0 spiro atoms. The maximum atomic E-state index is 4.54. The number of hydrogen-bond donors (Lipinski definition) is 0. The van der Waals surface area contributed by atoms with E-state index in [0.29, 0.717) is 12.0 Å². The van der Waals surface area contributed by atoms with Gasteiger partial charge in [-0.15, -0.1) is 19.0 Å². The van der Waals surface area contributed by atoms with Crippen LogP contribution in [0.25, 0.3) is 0 Å². The fraction of sp³-hybridized carbons (Fsp3) is 0.938. The Morgan fingerprint density at radius 2 is 1.15 bits per heavy atom. The van der Waals surface area contributed by atoms with Gasteiger partial charge in [0.1, 0.15) is 0 Å². The lowest BCUT2D eigenvalue weighted by Crippen LogP contribution is -2.64. The molecule has 0 saturated heterocycles. The Morgan fingerprint density at radius 1 is 0.706 bits per heavy atom. The van der Waals surface area contributed by atoms with E-state index < -0.39 is 0 Å². The third-order valence-corrected chi connectivity index (χ3v) is 10.9. The van der Waals surface area contributed by atoms with Crippen LogP contribution in [0, 0.1) is 52.8 Å². The minimum Gasteiger partial charge on any atom is -0.293 e. The summed E-state index contributed by atoms with van der Waals surface area (Å²) in [5.41, 5.74) is 0.261. The van der Waals surface area contributed by atoms with E-state index in [9.17, 15) is 0 Å². The van der Waals surface area contributed by atoms with Crippen molar-refractivity contribution in [3.05, 3.63) is 12.7 Å². The number of nitrogens with zero attached hydrogens (tertiary/aromatic N) is 1. The van der Waals surface area contributed by atoms with Crippen molar-refractivity contribution in [2.75, 3.05) is 0 Å². The highest BCUT2D eigenvalue weighted by atomic mass is 35.5. The van der Waals surface area contributed by atoms with E-state index in [2.05, 4.69) is 79.9 Å². The van der Waals surface area contributed by atoms with Crippen molar-refractivity contribution in [2.45, 2.75) is 138 Å². The summed E-state index contributed by atoms with van der Waals surface area (Å²) in [6.45, 7) is 27.2. The molecule has 0 N–H and O–H groups in total. The van der Waals surface area contributed by atoms with Crippen LogP contribution in [0.4, 0.5) is 0 Å². The minimum absolute atomic E-state index is 0. The fourth-order valence-electron chi connectivity index (χ4n) is 8.63. The van der Waals surface area contributed by atoms with Crippen LogP contribution < -0.4 is 0 Å². The van der Waals surface area contributed by atoms with E-state index in [4.69, 9.17) is 0 Å². The highest BCUT2D eigenvalue weighted by molar-refractivity contribution is 5.85. The Balaban J connectivity index is 0.00000408. The molecule has 1 nitrogen and oxygen atoms in total. The van der Waals surface area contributed by atoms with E-state index in [1.165, 1.54) is 57.8 Å². The molecular weight excluding hydrogens is 434 g/mol. The zero-order valence-electron chi connectivity index (χ0n) is 24.4. The maximum Gasteiger partial charge on any atom is 0.0197 e. The molecule has 0 aliphatic heterocycles.